The molecule has 106 valence electrons. The molecule has 1 saturated carbocycles. The van der Waals surface area contributed by atoms with Crippen LogP contribution in [0.2, 0.25) is 5.02 Å². The van der Waals surface area contributed by atoms with Crippen LogP contribution in [0.5, 0.6) is 5.75 Å². The van der Waals surface area contributed by atoms with E-state index >= 15 is 0 Å². The lowest BCUT2D eigenvalue weighted by Crippen LogP contribution is -2.24. The zero-order chi connectivity index (χ0) is 14.0. The lowest BCUT2D eigenvalue weighted by atomic mass is 9.73. The Hall–Kier alpha value is -0.730. The van der Waals surface area contributed by atoms with Gasteiger partial charge in [0.05, 0.1) is 18.2 Å². The maximum Gasteiger partial charge on any atom is 0.137 e. The number of hydrogen-bond acceptors (Lipinski definition) is 2. The van der Waals surface area contributed by atoms with Crippen molar-refractivity contribution in [2.45, 2.75) is 39.2 Å². The fourth-order valence-corrected chi connectivity index (χ4v) is 3.67. The fourth-order valence-electron chi connectivity index (χ4n) is 3.41. The van der Waals surface area contributed by atoms with Crippen molar-refractivity contribution in [2.75, 3.05) is 7.11 Å². The molecule has 0 aliphatic heterocycles. The van der Waals surface area contributed by atoms with Gasteiger partial charge in [-0.1, -0.05) is 31.5 Å². The monoisotopic (exact) mass is 282 g/mol. The molecule has 0 radical (unpaired) electrons. The fraction of sp³-hybridized carbons (Fsp3) is 0.625. The van der Waals surface area contributed by atoms with Gasteiger partial charge in [-0.15, -0.1) is 0 Å². The van der Waals surface area contributed by atoms with Crippen molar-refractivity contribution in [3.8, 4) is 5.75 Å². The summed E-state index contributed by atoms with van der Waals surface area (Å²) in [6, 6.07) is 5.57. The molecule has 1 aliphatic rings. The molecular formula is C16H23ClO2. The first kappa shape index (κ1) is 14.7. The van der Waals surface area contributed by atoms with E-state index in [4.69, 9.17) is 16.3 Å². The summed E-state index contributed by atoms with van der Waals surface area (Å²) in [5.74, 6) is 2.38. The summed E-state index contributed by atoms with van der Waals surface area (Å²) in [7, 11) is 1.60. The highest BCUT2D eigenvalue weighted by Crippen LogP contribution is 2.40. The molecule has 0 amide bonds. The molecule has 19 heavy (non-hydrogen) atoms. The Balaban J connectivity index is 2.14. The summed E-state index contributed by atoms with van der Waals surface area (Å²) in [6.07, 6.45) is 3.03. The molecule has 0 saturated heterocycles. The van der Waals surface area contributed by atoms with Crippen LogP contribution in [0.1, 0.15) is 44.8 Å². The maximum absolute atomic E-state index is 10.6. The molecule has 1 aliphatic carbocycles. The Bertz CT molecular complexity index is 423. The van der Waals surface area contributed by atoms with Crippen LogP contribution >= 0.6 is 11.6 Å². The molecule has 0 spiro atoms. The second-order valence-corrected chi connectivity index (χ2v) is 6.42. The zero-order valence-electron chi connectivity index (χ0n) is 11.9. The van der Waals surface area contributed by atoms with Crippen molar-refractivity contribution >= 4 is 11.6 Å². The predicted molar refractivity (Wildman–Crippen MR) is 78.6 cm³/mol. The van der Waals surface area contributed by atoms with E-state index in [2.05, 4.69) is 13.8 Å². The molecule has 0 aromatic heterocycles. The van der Waals surface area contributed by atoms with Gasteiger partial charge >= 0.3 is 0 Å². The van der Waals surface area contributed by atoms with Crippen molar-refractivity contribution in [2.24, 2.45) is 17.8 Å². The topological polar surface area (TPSA) is 29.5 Å². The van der Waals surface area contributed by atoms with E-state index in [0.717, 1.165) is 18.4 Å². The molecule has 1 aromatic carbocycles. The van der Waals surface area contributed by atoms with E-state index in [-0.39, 0.29) is 0 Å². The van der Waals surface area contributed by atoms with E-state index in [9.17, 15) is 5.11 Å². The number of methoxy groups -OCH3 is 1. The third-order valence-corrected chi connectivity index (χ3v) is 4.47. The average Bonchev–Trinajstić information content (AvgIpc) is 2.36. The second-order valence-electron chi connectivity index (χ2n) is 6.02. The summed E-state index contributed by atoms with van der Waals surface area (Å²) in [5, 5.41) is 11.1. The van der Waals surface area contributed by atoms with E-state index < -0.39 is 6.10 Å². The molecule has 0 bridgehead atoms. The summed E-state index contributed by atoms with van der Waals surface area (Å²) in [5.41, 5.74) is 0.900. The molecule has 2 rings (SSSR count). The van der Waals surface area contributed by atoms with Crippen LogP contribution in [0, 0.1) is 17.8 Å². The summed E-state index contributed by atoms with van der Waals surface area (Å²) in [4.78, 5) is 0. The number of ether oxygens (including phenoxy) is 1. The number of hydrogen-bond donors (Lipinski definition) is 1. The lowest BCUT2D eigenvalue weighted by molar-refractivity contribution is 0.0551. The third-order valence-electron chi connectivity index (χ3n) is 4.18. The normalized spacial score (nSPS) is 29.0. The average molecular weight is 283 g/mol. The van der Waals surface area contributed by atoms with E-state index in [1.807, 2.05) is 18.2 Å². The number of aliphatic hydroxyl groups is 1. The van der Waals surface area contributed by atoms with Gasteiger partial charge in [0.25, 0.3) is 0 Å². The van der Waals surface area contributed by atoms with E-state index in [0.29, 0.717) is 28.5 Å². The predicted octanol–water partition coefficient (Wildman–Crippen LogP) is 4.45. The van der Waals surface area contributed by atoms with Crippen LogP contribution in [0.4, 0.5) is 0 Å². The molecule has 1 aromatic rings. The van der Waals surface area contributed by atoms with Crippen LogP contribution in [0.15, 0.2) is 18.2 Å². The van der Waals surface area contributed by atoms with Crippen molar-refractivity contribution in [3.05, 3.63) is 28.8 Å². The first-order valence-corrected chi connectivity index (χ1v) is 7.40. The number of aliphatic hydroxyl groups excluding tert-OH is 1. The highest BCUT2D eigenvalue weighted by atomic mass is 35.5. The van der Waals surface area contributed by atoms with Gasteiger partial charge < -0.3 is 9.84 Å². The van der Waals surface area contributed by atoms with Crippen molar-refractivity contribution < 1.29 is 9.84 Å². The molecule has 2 nitrogen and oxygen atoms in total. The van der Waals surface area contributed by atoms with Crippen molar-refractivity contribution in [1.82, 2.24) is 0 Å². The molecule has 0 heterocycles. The van der Waals surface area contributed by atoms with Gasteiger partial charge in [0.2, 0.25) is 0 Å². The minimum Gasteiger partial charge on any atom is -0.495 e. The first-order chi connectivity index (χ1) is 9.01. The molecule has 3 heteroatoms. The van der Waals surface area contributed by atoms with Crippen LogP contribution in [-0.2, 0) is 0 Å². The molecule has 3 atom stereocenters. The molecule has 1 fully saturated rings. The Morgan fingerprint density at radius 3 is 2.37 bits per heavy atom. The molecule has 3 unspecified atom stereocenters. The maximum atomic E-state index is 10.6. The van der Waals surface area contributed by atoms with Gasteiger partial charge in [-0.3, -0.25) is 0 Å². The molecule has 1 N–H and O–H groups in total. The minimum atomic E-state index is -0.423. The van der Waals surface area contributed by atoms with Crippen LogP contribution in [0.3, 0.4) is 0 Å². The molecular weight excluding hydrogens is 260 g/mol. The van der Waals surface area contributed by atoms with Gasteiger partial charge in [-0.2, -0.15) is 0 Å². The highest BCUT2D eigenvalue weighted by Gasteiger charge is 2.30. The van der Waals surface area contributed by atoms with Gasteiger partial charge in [0, 0.05) is 0 Å². The Labute approximate surface area is 120 Å². The van der Waals surface area contributed by atoms with Crippen LogP contribution < -0.4 is 4.74 Å². The van der Waals surface area contributed by atoms with Crippen molar-refractivity contribution in [3.63, 3.8) is 0 Å². The quantitative estimate of drug-likeness (QED) is 0.887. The standard InChI is InChI=1S/C16H23ClO2/c1-10-6-11(2)8-13(7-10)16(18)12-4-5-15(19-3)14(17)9-12/h4-5,9-11,13,16,18H,6-8H2,1-3H3. The number of benzene rings is 1. The van der Waals surface area contributed by atoms with Gasteiger partial charge in [0.1, 0.15) is 5.75 Å². The zero-order valence-corrected chi connectivity index (χ0v) is 12.7. The number of rotatable bonds is 3. The summed E-state index contributed by atoms with van der Waals surface area (Å²) >= 11 is 6.13. The van der Waals surface area contributed by atoms with Crippen LogP contribution in [-0.4, -0.2) is 12.2 Å². The minimum absolute atomic E-state index is 0.336. The SMILES string of the molecule is COc1ccc(C(O)C2CC(C)CC(C)C2)cc1Cl. The van der Waals surface area contributed by atoms with Crippen LogP contribution in [0.25, 0.3) is 0 Å². The smallest absolute Gasteiger partial charge is 0.137 e. The summed E-state index contributed by atoms with van der Waals surface area (Å²) in [6.45, 7) is 4.55. The summed E-state index contributed by atoms with van der Waals surface area (Å²) < 4.78 is 5.15. The first-order valence-electron chi connectivity index (χ1n) is 7.02. The number of halogens is 1. The highest BCUT2D eigenvalue weighted by molar-refractivity contribution is 6.32. The Morgan fingerprint density at radius 1 is 1.21 bits per heavy atom. The second kappa shape index (κ2) is 6.15. The van der Waals surface area contributed by atoms with E-state index in [1.165, 1.54) is 6.42 Å². The lowest BCUT2D eigenvalue weighted by Gasteiger charge is -2.34. The van der Waals surface area contributed by atoms with Gasteiger partial charge in [-0.05, 0) is 54.7 Å². The third kappa shape index (κ3) is 3.43. The Kier molecular flexibility index (Phi) is 4.75. The van der Waals surface area contributed by atoms with Gasteiger partial charge in [-0.25, -0.2) is 0 Å². The largest absolute Gasteiger partial charge is 0.495 e. The van der Waals surface area contributed by atoms with E-state index in [1.54, 1.807) is 7.11 Å². The van der Waals surface area contributed by atoms with Gasteiger partial charge in [0.15, 0.2) is 0 Å². The van der Waals surface area contributed by atoms with Crippen molar-refractivity contribution in [1.29, 1.82) is 0 Å². The Morgan fingerprint density at radius 2 is 1.84 bits per heavy atom.